The van der Waals surface area contributed by atoms with E-state index in [1.807, 2.05) is 0 Å². The molecule has 1 rings (SSSR count). The predicted octanol–water partition coefficient (Wildman–Crippen LogP) is 2.54. The Hall–Kier alpha value is -0.980. The van der Waals surface area contributed by atoms with Gasteiger partial charge in [0.2, 0.25) is 0 Å². The molecule has 0 spiro atoms. The minimum atomic E-state index is -0.372. The molecule has 18 heavy (non-hydrogen) atoms. The van der Waals surface area contributed by atoms with Crippen molar-refractivity contribution in [2.45, 2.75) is 39.8 Å². The lowest BCUT2D eigenvalue weighted by Gasteiger charge is -2.31. The summed E-state index contributed by atoms with van der Waals surface area (Å²) >= 11 is 1.19. The van der Waals surface area contributed by atoms with Gasteiger partial charge in [-0.2, -0.15) is 0 Å². The molecule has 1 unspecified atom stereocenters. The van der Waals surface area contributed by atoms with Crippen LogP contribution in [0.2, 0.25) is 0 Å². The summed E-state index contributed by atoms with van der Waals surface area (Å²) in [4.78, 5) is 11.1. The largest absolute Gasteiger partial charge is 0.396 e. The quantitative estimate of drug-likeness (QED) is 0.616. The van der Waals surface area contributed by atoms with Gasteiger partial charge >= 0.3 is 5.00 Å². The molecule has 1 heterocycles. The fourth-order valence-corrected chi connectivity index (χ4v) is 2.52. The molecule has 1 aromatic heterocycles. The first-order valence-corrected chi connectivity index (χ1v) is 6.73. The molecule has 2 N–H and O–H groups in total. The molecule has 0 amide bonds. The van der Waals surface area contributed by atoms with E-state index in [-0.39, 0.29) is 28.0 Å². The summed E-state index contributed by atoms with van der Waals surface area (Å²) in [6.45, 7) is 7.06. The number of aliphatic hydroxyl groups excluding tert-OH is 1. The summed E-state index contributed by atoms with van der Waals surface area (Å²) in [6, 6.07) is 3.48. The highest BCUT2D eigenvalue weighted by Crippen LogP contribution is 2.26. The monoisotopic (exact) mass is 272 g/mol. The molecule has 0 aromatic carbocycles. The number of hydrogen-bond acceptors (Lipinski definition) is 5. The van der Waals surface area contributed by atoms with Crippen molar-refractivity contribution in [3.8, 4) is 0 Å². The van der Waals surface area contributed by atoms with Crippen LogP contribution in [0.25, 0.3) is 0 Å². The maximum atomic E-state index is 10.6. The minimum Gasteiger partial charge on any atom is -0.396 e. The lowest BCUT2D eigenvalue weighted by molar-refractivity contribution is -0.380. The third-order valence-corrected chi connectivity index (χ3v) is 3.85. The third kappa shape index (κ3) is 4.36. The van der Waals surface area contributed by atoms with Crippen LogP contribution in [0.5, 0.6) is 0 Å². The van der Waals surface area contributed by atoms with Crippen molar-refractivity contribution in [3.05, 3.63) is 27.1 Å². The zero-order valence-electron chi connectivity index (χ0n) is 11.0. The number of nitrogens with zero attached hydrogens (tertiary/aromatic N) is 1. The van der Waals surface area contributed by atoms with Crippen molar-refractivity contribution in [2.75, 3.05) is 6.61 Å². The van der Waals surface area contributed by atoms with Crippen LogP contribution in [0.15, 0.2) is 12.1 Å². The Morgan fingerprint density at radius 2 is 2.17 bits per heavy atom. The van der Waals surface area contributed by atoms with Gasteiger partial charge in [0.1, 0.15) is 0 Å². The zero-order chi connectivity index (χ0) is 13.8. The Morgan fingerprint density at radius 3 is 2.61 bits per heavy atom. The normalized spacial score (nSPS) is 13.6. The van der Waals surface area contributed by atoms with Crippen LogP contribution in [-0.2, 0) is 6.54 Å². The second-order valence-electron chi connectivity index (χ2n) is 5.31. The smallest absolute Gasteiger partial charge is 0.324 e. The highest BCUT2D eigenvalue weighted by Gasteiger charge is 2.23. The molecule has 1 atom stereocenters. The Labute approximate surface area is 111 Å². The van der Waals surface area contributed by atoms with Gasteiger partial charge in [0.05, 0.1) is 4.92 Å². The number of nitrogens with one attached hydrogen (secondary N) is 1. The first kappa shape index (κ1) is 15.1. The fraction of sp³-hybridized carbons (Fsp3) is 0.667. The van der Waals surface area contributed by atoms with Crippen molar-refractivity contribution >= 4 is 16.3 Å². The Morgan fingerprint density at radius 1 is 1.50 bits per heavy atom. The van der Waals surface area contributed by atoms with Gasteiger partial charge in [0, 0.05) is 30.1 Å². The Bertz CT molecular complexity index is 398. The minimum absolute atomic E-state index is 0.0475. The van der Waals surface area contributed by atoms with E-state index in [0.717, 1.165) is 4.88 Å². The van der Waals surface area contributed by atoms with Crippen LogP contribution in [0.4, 0.5) is 5.00 Å². The average molecular weight is 272 g/mol. The van der Waals surface area contributed by atoms with Crippen LogP contribution in [0.3, 0.4) is 0 Å². The average Bonchev–Trinajstić information content (AvgIpc) is 2.71. The highest BCUT2D eigenvalue weighted by molar-refractivity contribution is 7.15. The summed E-state index contributed by atoms with van der Waals surface area (Å²) in [6.07, 6.45) is 0.678. The molecule has 0 saturated carbocycles. The van der Waals surface area contributed by atoms with Gasteiger partial charge in [-0.25, -0.2) is 0 Å². The van der Waals surface area contributed by atoms with E-state index in [2.05, 4.69) is 26.1 Å². The molecule has 102 valence electrons. The van der Waals surface area contributed by atoms with Gasteiger partial charge in [-0.15, -0.1) is 0 Å². The van der Waals surface area contributed by atoms with Crippen LogP contribution in [0.1, 0.15) is 32.1 Å². The molecular formula is C12H20N2O3S. The number of thiophene rings is 1. The van der Waals surface area contributed by atoms with E-state index in [9.17, 15) is 10.1 Å². The maximum Gasteiger partial charge on any atom is 0.324 e. The molecule has 6 heteroatoms. The predicted molar refractivity (Wildman–Crippen MR) is 72.8 cm³/mol. The van der Waals surface area contributed by atoms with E-state index in [0.29, 0.717) is 13.0 Å². The van der Waals surface area contributed by atoms with E-state index in [1.54, 1.807) is 6.07 Å². The van der Waals surface area contributed by atoms with E-state index < -0.39 is 0 Å². The van der Waals surface area contributed by atoms with Crippen LogP contribution >= 0.6 is 11.3 Å². The van der Waals surface area contributed by atoms with E-state index in [4.69, 9.17) is 5.11 Å². The molecule has 0 radical (unpaired) electrons. The van der Waals surface area contributed by atoms with Gasteiger partial charge in [0.25, 0.3) is 0 Å². The molecule has 0 aliphatic carbocycles. The standard InChI is InChI=1S/C12H20N2O3S/c1-12(2,3)10(6-7-15)13-8-9-4-5-11(18-9)14(16)17/h4-5,10,13,15H,6-8H2,1-3H3. The second-order valence-corrected chi connectivity index (χ2v) is 6.46. The number of hydrogen-bond donors (Lipinski definition) is 2. The summed E-state index contributed by atoms with van der Waals surface area (Å²) in [5.74, 6) is 0. The number of rotatable bonds is 6. The second kappa shape index (κ2) is 6.26. The molecule has 0 bridgehead atoms. The number of nitro groups is 1. The van der Waals surface area contributed by atoms with Gasteiger partial charge in [-0.1, -0.05) is 32.1 Å². The van der Waals surface area contributed by atoms with Gasteiger partial charge in [-0.3, -0.25) is 10.1 Å². The Kier molecular flexibility index (Phi) is 5.25. The van der Waals surface area contributed by atoms with Crippen LogP contribution in [0, 0.1) is 15.5 Å². The van der Waals surface area contributed by atoms with Crippen LogP contribution < -0.4 is 5.32 Å². The lowest BCUT2D eigenvalue weighted by Crippen LogP contribution is -2.40. The summed E-state index contributed by atoms with van der Waals surface area (Å²) < 4.78 is 0. The summed E-state index contributed by atoms with van der Waals surface area (Å²) in [5.41, 5.74) is 0.0475. The van der Waals surface area contributed by atoms with Crippen LogP contribution in [-0.4, -0.2) is 22.7 Å². The SMILES string of the molecule is CC(C)(C)C(CCO)NCc1ccc([N+](=O)[O-])s1. The van der Waals surface area contributed by atoms with Gasteiger partial charge in [0.15, 0.2) is 0 Å². The molecular weight excluding hydrogens is 252 g/mol. The van der Waals surface area contributed by atoms with Crippen molar-refractivity contribution in [1.82, 2.24) is 5.32 Å². The van der Waals surface area contributed by atoms with Crippen molar-refractivity contribution < 1.29 is 10.0 Å². The first-order chi connectivity index (χ1) is 8.34. The molecule has 0 saturated heterocycles. The first-order valence-electron chi connectivity index (χ1n) is 5.92. The third-order valence-electron chi connectivity index (χ3n) is 2.81. The summed E-state index contributed by atoms with van der Waals surface area (Å²) in [7, 11) is 0. The van der Waals surface area contributed by atoms with E-state index in [1.165, 1.54) is 17.4 Å². The number of aliphatic hydroxyl groups is 1. The zero-order valence-corrected chi connectivity index (χ0v) is 11.8. The van der Waals surface area contributed by atoms with E-state index >= 15 is 0 Å². The van der Waals surface area contributed by atoms with Gasteiger partial charge in [-0.05, 0) is 17.9 Å². The molecule has 0 aliphatic heterocycles. The molecule has 5 nitrogen and oxygen atoms in total. The highest BCUT2D eigenvalue weighted by atomic mass is 32.1. The fourth-order valence-electron chi connectivity index (χ4n) is 1.75. The van der Waals surface area contributed by atoms with Crippen molar-refractivity contribution in [1.29, 1.82) is 0 Å². The topological polar surface area (TPSA) is 75.4 Å². The molecule has 0 aliphatic rings. The maximum absolute atomic E-state index is 10.6. The summed E-state index contributed by atoms with van der Waals surface area (Å²) in [5, 5.41) is 23.1. The van der Waals surface area contributed by atoms with Crippen molar-refractivity contribution in [3.63, 3.8) is 0 Å². The lowest BCUT2D eigenvalue weighted by atomic mass is 9.85. The Balaban J connectivity index is 2.58. The molecule has 1 aromatic rings. The molecule has 0 fully saturated rings. The van der Waals surface area contributed by atoms with Crippen molar-refractivity contribution in [2.24, 2.45) is 5.41 Å². The van der Waals surface area contributed by atoms with Gasteiger partial charge < -0.3 is 10.4 Å².